The second-order valence-corrected chi connectivity index (χ2v) is 6.13. The van der Waals surface area contributed by atoms with E-state index in [4.69, 9.17) is 15.0 Å². The van der Waals surface area contributed by atoms with Gasteiger partial charge in [0.25, 0.3) is 0 Å². The molecule has 6 heteroatoms. The summed E-state index contributed by atoms with van der Waals surface area (Å²) in [5.41, 5.74) is 7.36. The highest BCUT2D eigenvalue weighted by Gasteiger charge is 2.36. The van der Waals surface area contributed by atoms with Gasteiger partial charge in [0.2, 0.25) is 5.89 Å². The first-order valence-electron chi connectivity index (χ1n) is 7.81. The van der Waals surface area contributed by atoms with E-state index in [9.17, 15) is 4.79 Å². The number of methoxy groups -OCH3 is 1. The summed E-state index contributed by atoms with van der Waals surface area (Å²) >= 11 is 0. The lowest BCUT2D eigenvalue weighted by Crippen LogP contribution is -2.34. The minimum absolute atomic E-state index is 0.00647. The molecular formula is C17H21N3O3. The van der Waals surface area contributed by atoms with Gasteiger partial charge in [-0.15, -0.1) is 0 Å². The molecule has 2 N–H and O–H groups in total. The molecule has 23 heavy (non-hydrogen) atoms. The first-order valence-corrected chi connectivity index (χ1v) is 7.81. The zero-order valence-corrected chi connectivity index (χ0v) is 13.5. The topological polar surface area (TPSA) is 91.2 Å². The SMILES string of the molecule is COc1ccc(C(C)=O)cc1Cc1nc(C2(N)CCCC2)no1. The largest absolute Gasteiger partial charge is 0.496 e. The maximum atomic E-state index is 11.6. The van der Waals surface area contributed by atoms with E-state index in [1.54, 1.807) is 25.3 Å². The molecule has 1 aliphatic rings. The van der Waals surface area contributed by atoms with Gasteiger partial charge in [-0.2, -0.15) is 4.98 Å². The number of carbonyl (C=O) groups excluding carboxylic acids is 1. The molecule has 1 aromatic carbocycles. The lowest BCUT2D eigenvalue weighted by atomic mass is 9.98. The van der Waals surface area contributed by atoms with Crippen molar-refractivity contribution in [2.24, 2.45) is 5.73 Å². The molecule has 0 aliphatic heterocycles. The van der Waals surface area contributed by atoms with Crippen molar-refractivity contribution in [2.75, 3.05) is 7.11 Å². The molecule has 0 amide bonds. The maximum Gasteiger partial charge on any atom is 0.231 e. The van der Waals surface area contributed by atoms with Crippen LogP contribution < -0.4 is 10.5 Å². The Hall–Kier alpha value is -2.21. The van der Waals surface area contributed by atoms with E-state index in [1.165, 1.54) is 6.92 Å². The summed E-state index contributed by atoms with van der Waals surface area (Å²) in [6, 6.07) is 5.33. The van der Waals surface area contributed by atoms with Crippen LogP contribution >= 0.6 is 0 Å². The fraction of sp³-hybridized carbons (Fsp3) is 0.471. The Morgan fingerprint density at radius 2 is 2.13 bits per heavy atom. The van der Waals surface area contributed by atoms with Crippen molar-refractivity contribution in [1.29, 1.82) is 0 Å². The van der Waals surface area contributed by atoms with Crippen LogP contribution in [0.1, 0.15) is 60.2 Å². The van der Waals surface area contributed by atoms with Gasteiger partial charge in [0, 0.05) is 11.1 Å². The minimum atomic E-state index is -0.465. The van der Waals surface area contributed by atoms with Gasteiger partial charge in [0.05, 0.1) is 19.1 Å². The van der Waals surface area contributed by atoms with Crippen molar-refractivity contribution < 1.29 is 14.1 Å². The van der Waals surface area contributed by atoms with Crippen molar-refractivity contribution in [1.82, 2.24) is 10.1 Å². The predicted molar refractivity (Wildman–Crippen MR) is 84.4 cm³/mol. The Labute approximate surface area is 135 Å². The number of hydrogen-bond donors (Lipinski definition) is 1. The highest BCUT2D eigenvalue weighted by atomic mass is 16.5. The van der Waals surface area contributed by atoms with Crippen LogP contribution in [-0.4, -0.2) is 23.0 Å². The molecule has 1 heterocycles. The van der Waals surface area contributed by atoms with Gasteiger partial charge >= 0.3 is 0 Å². The fourth-order valence-electron chi connectivity index (χ4n) is 3.06. The molecule has 1 fully saturated rings. The van der Waals surface area contributed by atoms with E-state index >= 15 is 0 Å². The number of nitrogens with two attached hydrogens (primary N) is 1. The highest BCUT2D eigenvalue weighted by Crippen LogP contribution is 2.34. The molecule has 1 saturated carbocycles. The van der Waals surface area contributed by atoms with Crippen LogP contribution in [0.25, 0.3) is 0 Å². The number of carbonyl (C=O) groups is 1. The smallest absolute Gasteiger partial charge is 0.231 e. The summed E-state index contributed by atoms with van der Waals surface area (Å²) in [5.74, 6) is 1.76. The van der Waals surface area contributed by atoms with Crippen LogP contribution in [-0.2, 0) is 12.0 Å². The average Bonchev–Trinajstić information content (AvgIpc) is 3.17. The Balaban J connectivity index is 1.86. The number of ketones is 1. The molecule has 1 aromatic heterocycles. The summed E-state index contributed by atoms with van der Waals surface area (Å²) in [6.07, 6.45) is 4.36. The normalized spacial score (nSPS) is 16.5. The second kappa shape index (κ2) is 6.12. The van der Waals surface area contributed by atoms with Crippen molar-refractivity contribution in [3.05, 3.63) is 41.0 Å². The van der Waals surface area contributed by atoms with Gasteiger partial charge in [-0.1, -0.05) is 18.0 Å². The molecular weight excluding hydrogens is 294 g/mol. The first kappa shape index (κ1) is 15.7. The number of benzene rings is 1. The zero-order valence-electron chi connectivity index (χ0n) is 13.5. The van der Waals surface area contributed by atoms with Crippen molar-refractivity contribution in [2.45, 2.75) is 44.6 Å². The van der Waals surface area contributed by atoms with Crippen LogP contribution in [0.5, 0.6) is 5.75 Å². The van der Waals surface area contributed by atoms with Gasteiger partial charge in [0.1, 0.15) is 5.75 Å². The second-order valence-electron chi connectivity index (χ2n) is 6.13. The Morgan fingerprint density at radius 1 is 1.39 bits per heavy atom. The van der Waals surface area contributed by atoms with E-state index in [-0.39, 0.29) is 5.78 Å². The monoisotopic (exact) mass is 315 g/mol. The van der Waals surface area contributed by atoms with Crippen LogP contribution in [0.15, 0.2) is 22.7 Å². The molecule has 2 aromatic rings. The summed E-state index contributed by atoms with van der Waals surface area (Å²) < 4.78 is 10.7. The summed E-state index contributed by atoms with van der Waals surface area (Å²) in [4.78, 5) is 16.0. The van der Waals surface area contributed by atoms with E-state index in [2.05, 4.69) is 10.1 Å². The van der Waals surface area contributed by atoms with Gasteiger partial charge in [-0.3, -0.25) is 4.79 Å². The number of rotatable bonds is 5. The van der Waals surface area contributed by atoms with E-state index in [0.717, 1.165) is 31.2 Å². The van der Waals surface area contributed by atoms with Crippen LogP contribution in [0.4, 0.5) is 0 Å². The number of hydrogen-bond acceptors (Lipinski definition) is 6. The maximum absolute atomic E-state index is 11.6. The summed E-state index contributed by atoms with van der Waals surface area (Å²) in [6.45, 7) is 1.54. The Morgan fingerprint density at radius 3 is 2.78 bits per heavy atom. The third-order valence-electron chi connectivity index (χ3n) is 4.44. The van der Waals surface area contributed by atoms with Crippen LogP contribution in [0, 0.1) is 0 Å². The molecule has 0 spiro atoms. The van der Waals surface area contributed by atoms with Crippen molar-refractivity contribution in [3.63, 3.8) is 0 Å². The Bertz CT molecular complexity index is 718. The Kier molecular flexibility index (Phi) is 4.17. The predicted octanol–water partition coefficient (Wildman–Crippen LogP) is 2.60. The van der Waals surface area contributed by atoms with Gasteiger partial charge < -0.3 is 15.0 Å². The number of aromatic nitrogens is 2. The van der Waals surface area contributed by atoms with E-state index in [0.29, 0.717) is 29.4 Å². The molecule has 0 atom stereocenters. The minimum Gasteiger partial charge on any atom is -0.496 e. The van der Waals surface area contributed by atoms with E-state index in [1.807, 2.05) is 0 Å². The molecule has 122 valence electrons. The standard InChI is InChI=1S/C17H21N3O3/c1-11(21)12-5-6-14(22-2)13(9-12)10-15-19-16(20-23-15)17(18)7-3-4-8-17/h5-6,9H,3-4,7-8,10,18H2,1-2H3. The molecule has 0 saturated heterocycles. The fourth-order valence-corrected chi connectivity index (χ4v) is 3.06. The molecule has 0 radical (unpaired) electrons. The van der Waals surface area contributed by atoms with E-state index < -0.39 is 5.54 Å². The first-order chi connectivity index (χ1) is 11.0. The van der Waals surface area contributed by atoms with Crippen LogP contribution in [0.3, 0.4) is 0 Å². The third-order valence-corrected chi connectivity index (χ3v) is 4.44. The average molecular weight is 315 g/mol. The van der Waals surface area contributed by atoms with Gasteiger partial charge in [-0.05, 0) is 38.0 Å². The molecule has 3 rings (SSSR count). The van der Waals surface area contributed by atoms with Crippen molar-refractivity contribution >= 4 is 5.78 Å². The zero-order chi connectivity index (χ0) is 16.4. The quantitative estimate of drug-likeness (QED) is 0.853. The van der Waals surface area contributed by atoms with Crippen molar-refractivity contribution in [3.8, 4) is 5.75 Å². The highest BCUT2D eigenvalue weighted by molar-refractivity contribution is 5.94. The lowest BCUT2D eigenvalue weighted by Gasteiger charge is -2.17. The molecule has 6 nitrogen and oxygen atoms in total. The number of nitrogens with zero attached hydrogens (tertiary/aromatic N) is 2. The third kappa shape index (κ3) is 3.12. The summed E-state index contributed by atoms with van der Waals surface area (Å²) in [7, 11) is 1.60. The molecule has 1 aliphatic carbocycles. The lowest BCUT2D eigenvalue weighted by molar-refractivity contribution is 0.101. The van der Waals surface area contributed by atoms with Crippen LogP contribution in [0.2, 0.25) is 0 Å². The molecule has 0 bridgehead atoms. The summed E-state index contributed by atoms with van der Waals surface area (Å²) in [5, 5.41) is 4.06. The van der Waals surface area contributed by atoms with Gasteiger partial charge in [0.15, 0.2) is 11.6 Å². The number of ether oxygens (including phenoxy) is 1. The number of Topliss-reactive ketones (excluding diaryl/α,β-unsaturated/α-hetero) is 1. The van der Waals surface area contributed by atoms with Gasteiger partial charge in [-0.25, -0.2) is 0 Å². The molecule has 0 unspecified atom stereocenters.